The number of aliphatic hydroxyl groups excluding tert-OH is 1. The quantitative estimate of drug-likeness (QED) is 0.163. The largest absolute Gasteiger partial charge is 0.396 e. The van der Waals surface area contributed by atoms with Crippen molar-refractivity contribution in [3.8, 4) is 0 Å². The van der Waals surface area contributed by atoms with E-state index in [0.717, 1.165) is 79.7 Å². The van der Waals surface area contributed by atoms with Crippen molar-refractivity contribution >= 4 is 23.0 Å². The van der Waals surface area contributed by atoms with Crippen LogP contribution in [-0.2, 0) is 22.6 Å². The van der Waals surface area contributed by atoms with Crippen LogP contribution in [0.1, 0.15) is 96.3 Å². The highest BCUT2D eigenvalue weighted by atomic mass is 35.5. The number of allylic oxidation sites excluding steroid dienone is 5. The van der Waals surface area contributed by atoms with Gasteiger partial charge in [-0.1, -0.05) is 76.4 Å². The summed E-state index contributed by atoms with van der Waals surface area (Å²) in [5.41, 5.74) is 6.08. The van der Waals surface area contributed by atoms with E-state index in [4.69, 9.17) is 16.3 Å². The minimum atomic E-state index is 0.0304. The van der Waals surface area contributed by atoms with Crippen LogP contribution in [0.3, 0.4) is 0 Å². The highest BCUT2D eigenvalue weighted by Gasteiger charge is 2.30. The van der Waals surface area contributed by atoms with E-state index in [1.165, 1.54) is 11.1 Å². The van der Waals surface area contributed by atoms with Gasteiger partial charge in [-0.25, -0.2) is 0 Å². The minimum Gasteiger partial charge on any atom is -0.396 e. The molecule has 0 spiro atoms. The Labute approximate surface area is 224 Å². The summed E-state index contributed by atoms with van der Waals surface area (Å²) >= 11 is 6.81. The topological polar surface area (TPSA) is 46.5 Å². The van der Waals surface area contributed by atoms with Crippen molar-refractivity contribution in [2.24, 2.45) is 17.8 Å². The summed E-state index contributed by atoms with van der Waals surface area (Å²) in [5, 5.41) is 10.5. The van der Waals surface area contributed by atoms with E-state index < -0.39 is 0 Å². The van der Waals surface area contributed by atoms with E-state index in [0.29, 0.717) is 29.9 Å². The summed E-state index contributed by atoms with van der Waals surface area (Å²) in [4.78, 5) is 12.2. The van der Waals surface area contributed by atoms with Gasteiger partial charge in [0, 0.05) is 23.8 Å². The van der Waals surface area contributed by atoms with E-state index in [1.54, 1.807) is 6.92 Å². The van der Waals surface area contributed by atoms with Crippen LogP contribution in [-0.4, -0.2) is 24.1 Å². The lowest BCUT2D eigenvalue weighted by Crippen LogP contribution is -2.27. The number of Topliss-reactive ketones (excluding diaryl/α,β-unsaturated/α-hetero) is 1. The molecule has 0 saturated heterocycles. The lowest BCUT2D eigenvalue weighted by molar-refractivity contribution is -0.113. The first-order valence-corrected chi connectivity index (χ1v) is 14.2. The van der Waals surface area contributed by atoms with Crippen molar-refractivity contribution in [2.45, 2.75) is 92.6 Å². The van der Waals surface area contributed by atoms with Crippen molar-refractivity contribution in [2.75, 3.05) is 13.2 Å². The fourth-order valence-corrected chi connectivity index (χ4v) is 5.87. The first-order valence-electron chi connectivity index (χ1n) is 13.8. The number of ether oxygens (including phenoxy) is 1. The number of fused-ring (bicyclic) bond motifs is 1. The van der Waals surface area contributed by atoms with Crippen LogP contribution >= 0.6 is 11.6 Å². The highest BCUT2D eigenvalue weighted by Crippen LogP contribution is 2.41. The van der Waals surface area contributed by atoms with Crippen molar-refractivity contribution in [1.82, 2.24) is 0 Å². The molecule has 0 saturated carbocycles. The Hall–Kier alpha value is -1.68. The number of hydrogen-bond acceptors (Lipinski definition) is 3. The van der Waals surface area contributed by atoms with Gasteiger partial charge in [0.1, 0.15) is 0 Å². The average molecular weight is 515 g/mol. The summed E-state index contributed by atoms with van der Waals surface area (Å²) in [6, 6.07) is 4.35. The van der Waals surface area contributed by atoms with Crippen molar-refractivity contribution < 1.29 is 14.6 Å². The number of ketones is 1. The predicted molar refractivity (Wildman–Crippen MR) is 153 cm³/mol. The maximum Gasteiger partial charge on any atom is 0.160 e. The number of carbonyl (C=O) groups excluding carboxylic acids is 1. The van der Waals surface area contributed by atoms with E-state index in [2.05, 4.69) is 45.6 Å². The Morgan fingerprint density at radius 2 is 2.03 bits per heavy atom. The lowest BCUT2D eigenvalue weighted by atomic mass is 9.70. The molecule has 3 nitrogen and oxygen atoms in total. The summed E-state index contributed by atoms with van der Waals surface area (Å²) in [6.07, 6.45) is 12.1. The molecule has 0 heterocycles. The molecule has 36 heavy (non-hydrogen) atoms. The van der Waals surface area contributed by atoms with Gasteiger partial charge < -0.3 is 9.84 Å². The number of hydrogen-bond donors (Lipinski definition) is 1. The fraction of sp³-hybridized carbons (Fsp3) is 0.594. The Kier molecular flexibility index (Phi) is 13.2. The minimum absolute atomic E-state index is 0.0304. The standard InChI is InChI=1S/C32H47ClO3/c1-7-10-16-36-21-28-18-27-19-30(25(11-8-2)14-15-34)22(4)12-13-26(31(27)20-32(28)33)17-23(5)29(9-3)24(6)35/h9,17-18,20,22,25,30,34H,5,7-8,10-16,19,21H2,1-4,6H3/b26-17+,29-9+. The molecule has 2 rings (SSSR count). The Morgan fingerprint density at radius 3 is 2.64 bits per heavy atom. The molecule has 3 atom stereocenters. The highest BCUT2D eigenvalue weighted by molar-refractivity contribution is 6.31. The zero-order valence-corrected chi connectivity index (χ0v) is 23.9. The first kappa shape index (κ1) is 30.5. The van der Waals surface area contributed by atoms with Crippen LogP contribution in [0, 0.1) is 17.8 Å². The van der Waals surface area contributed by atoms with Crippen molar-refractivity contribution in [3.05, 3.63) is 63.7 Å². The zero-order valence-electron chi connectivity index (χ0n) is 23.2. The van der Waals surface area contributed by atoms with Crippen LogP contribution < -0.4 is 0 Å². The lowest BCUT2D eigenvalue weighted by Gasteiger charge is -2.35. The van der Waals surface area contributed by atoms with Gasteiger partial charge in [0.05, 0.1) is 6.61 Å². The molecule has 1 N–H and O–H groups in total. The fourth-order valence-electron chi connectivity index (χ4n) is 5.66. The van der Waals surface area contributed by atoms with Gasteiger partial charge in [-0.3, -0.25) is 4.79 Å². The van der Waals surface area contributed by atoms with Crippen LogP contribution in [0.5, 0.6) is 0 Å². The van der Waals surface area contributed by atoms with Crippen LogP contribution in [0.15, 0.2) is 42.0 Å². The molecule has 1 aromatic rings. The summed E-state index contributed by atoms with van der Waals surface area (Å²) in [5.74, 6) is 1.55. The molecule has 0 aromatic heterocycles. The van der Waals surface area contributed by atoms with Gasteiger partial charge in [0.15, 0.2) is 5.78 Å². The van der Waals surface area contributed by atoms with Gasteiger partial charge in [0.25, 0.3) is 0 Å². The van der Waals surface area contributed by atoms with Gasteiger partial charge in [-0.15, -0.1) is 0 Å². The molecular formula is C32H47ClO3. The molecule has 1 aromatic carbocycles. The smallest absolute Gasteiger partial charge is 0.160 e. The SMILES string of the molecule is C=C(/C=C1\CCC(C)C(C(CCC)CCO)Cc2cc(COCCCC)c(Cl)cc21)/C(=C\C)C(C)=O. The van der Waals surface area contributed by atoms with Gasteiger partial charge >= 0.3 is 0 Å². The number of aliphatic hydroxyl groups is 1. The normalized spacial score (nSPS) is 20.5. The summed E-state index contributed by atoms with van der Waals surface area (Å²) < 4.78 is 5.93. The first-order chi connectivity index (χ1) is 17.3. The van der Waals surface area contributed by atoms with Crippen molar-refractivity contribution in [3.63, 3.8) is 0 Å². The molecular weight excluding hydrogens is 468 g/mol. The molecule has 0 fully saturated rings. The Morgan fingerprint density at radius 1 is 1.28 bits per heavy atom. The molecule has 200 valence electrons. The second-order valence-corrected chi connectivity index (χ2v) is 10.8. The third-order valence-corrected chi connectivity index (χ3v) is 8.05. The Balaban J connectivity index is 2.57. The summed E-state index contributed by atoms with van der Waals surface area (Å²) in [6.45, 7) is 16.0. The monoisotopic (exact) mass is 514 g/mol. The number of carbonyl (C=O) groups is 1. The number of benzene rings is 1. The summed E-state index contributed by atoms with van der Waals surface area (Å²) in [7, 11) is 0. The molecule has 1 aliphatic carbocycles. The van der Waals surface area contributed by atoms with E-state index in [9.17, 15) is 9.90 Å². The molecule has 0 bridgehead atoms. The predicted octanol–water partition coefficient (Wildman–Crippen LogP) is 8.52. The average Bonchev–Trinajstić information content (AvgIpc) is 2.83. The molecule has 3 unspecified atom stereocenters. The number of halogens is 1. The third kappa shape index (κ3) is 8.43. The van der Waals surface area contributed by atoms with E-state index in [1.807, 2.05) is 13.0 Å². The number of unbranched alkanes of at least 4 members (excludes halogenated alkanes) is 1. The second kappa shape index (κ2) is 15.5. The van der Waals surface area contributed by atoms with Gasteiger partial charge in [-0.05, 0) is 97.6 Å². The third-order valence-electron chi connectivity index (χ3n) is 7.70. The van der Waals surface area contributed by atoms with E-state index in [-0.39, 0.29) is 12.4 Å². The van der Waals surface area contributed by atoms with Crippen LogP contribution in [0.25, 0.3) is 5.57 Å². The maximum absolute atomic E-state index is 12.2. The molecule has 1 aliphatic rings. The molecule has 4 heteroatoms. The molecule has 0 amide bonds. The second-order valence-electron chi connectivity index (χ2n) is 10.4. The van der Waals surface area contributed by atoms with Crippen LogP contribution in [0.4, 0.5) is 0 Å². The zero-order chi connectivity index (χ0) is 26.7. The van der Waals surface area contributed by atoms with Gasteiger partial charge in [-0.2, -0.15) is 0 Å². The molecule has 0 aliphatic heterocycles. The number of rotatable bonds is 13. The molecule has 0 radical (unpaired) electrons. The van der Waals surface area contributed by atoms with Gasteiger partial charge in [0.2, 0.25) is 0 Å². The van der Waals surface area contributed by atoms with E-state index >= 15 is 0 Å². The Bertz CT molecular complexity index is 937. The maximum atomic E-state index is 12.2. The van der Waals surface area contributed by atoms with Crippen molar-refractivity contribution in [1.29, 1.82) is 0 Å². The van der Waals surface area contributed by atoms with Crippen LogP contribution in [0.2, 0.25) is 5.02 Å².